The minimum absolute atomic E-state index is 0.000213. The third-order valence-corrected chi connectivity index (χ3v) is 3.70. The largest absolute Gasteiger partial charge is 0.337 e. The van der Waals surface area contributed by atoms with Crippen molar-refractivity contribution in [2.24, 2.45) is 0 Å². The Balaban J connectivity index is 2.28. The Morgan fingerprint density at radius 3 is 2.80 bits per heavy atom. The zero-order chi connectivity index (χ0) is 14.7. The summed E-state index contributed by atoms with van der Waals surface area (Å²) in [6.07, 6.45) is 0. The fourth-order valence-corrected chi connectivity index (χ4v) is 2.60. The molecule has 0 unspecified atom stereocenters. The zero-order valence-corrected chi connectivity index (χ0v) is 12.1. The normalized spacial score (nSPS) is 10.3. The predicted octanol–water partition coefficient (Wildman–Crippen LogP) is 3.58. The van der Waals surface area contributed by atoms with Crippen molar-refractivity contribution in [3.05, 3.63) is 61.3 Å². The number of nitrogens with zero attached hydrogens (tertiary/aromatic N) is 2. The molecule has 0 saturated carbocycles. The quantitative estimate of drug-likeness (QED) is 0.640. The molecule has 0 N–H and O–H groups in total. The highest BCUT2D eigenvalue weighted by atomic mass is 35.5. The van der Waals surface area contributed by atoms with Gasteiger partial charge in [0.2, 0.25) is 0 Å². The Kier molecular flexibility index (Phi) is 4.36. The van der Waals surface area contributed by atoms with E-state index in [9.17, 15) is 14.9 Å². The predicted molar refractivity (Wildman–Crippen MR) is 78.2 cm³/mol. The number of nitro groups is 1. The lowest BCUT2D eigenvalue weighted by Gasteiger charge is -2.16. The van der Waals surface area contributed by atoms with Crippen molar-refractivity contribution in [3.63, 3.8) is 0 Å². The van der Waals surface area contributed by atoms with E-state index in [2.05, 4.69) is 0 Å². The number of rotatable bonds is 4. The molecule has 2 rings (SSSR count). The standard InChI is InChI=1S/C13H11ClN2O3S/c1-15(7-9-4-5-20-8-9)13(17)11-6-10(14)2-3-12(11)16(18)19/h2-6,8H,7H2,1H3. The highest BCUT2D eigenvalue weighted by molar-refractivity contribution is 7.07. The smallest absolute Gasteiger partial charge is 0.282 e. The highest BCUT2D eigenvalue weighted by Crippen LogP contribution is 2.24. The Morgan fingerprint density at radius 1 is 1.45 bits per heavy atom. The van der Waals surface area contributed by atoms with Crippen LogP contribution in [0.25, 0.3) is 0 Å². The van der Waals surface area contributed by atoms with E-state index in [1.165, 1.54) is 34.4 Å². The molecule has 0 fully saturated rings. The van der Waals surface area contributed by atoms with E-state index in [1.807, 2.05) is 16.8 Å². The van der Waals surface area contributed by atoms with Gasteiger partial charge in [0.1, 0.15) is 5.56 Å². The Morgan fingerprint density at radius 2 is 2.20 bits per heavy atom. The molecular formula is C13H11ClN2O3S. The minimum atomic E-state index is -0.581. The van der Waals surface area contributed by atoms with Crippen LogP contribution in [0.15, 0.2) is 35.0 Å². The molecule has 1 aromatic carbocycles. The van der Waals surface area contributed by atoms with Crippen LogP contribution in [-0.4, -0.2) is 22.8 Å². The molecule has 0 spiro atoms. The molecule has 5 nitrogen and oxygen atoms in total. The van der Waals surface area contributed by atoms with Crippen molar-refractivity contribution in [1.29, 1.82) is 0 Å². The first-order valence-corrected chi connectivity index (χ1v) is 7.01. The van der Waals surface area contributed by atoms with Gasteiger partial charge in [-0.2, -0.15) is 11.3 Å². The third-order valence-electron chi connectivity index (χ3n) is 2.73. The van der Waals surface area contributed by atoms with Crippen molar-refractivity contribution < 1.29 is 9.72 Å². The lowest BCUT2D eigenvalue weighted by Crippen LogP contribution is -2.26. The molecule has 1 aromatic heterocycles. The van der Waals surface area contributed by atoms with Gasteiger partial charge in [0, 0.05) is 24.7 Å². The van der Waals surface area contributed by atoms with Crippen LogP contribution >= 0.6 is 22.9 Å². The molecule has 0 radical (unpaired) electrons. The van der Waals surface area contributed by atoms with Gasteiger partial charge in [0.25, 0.3) is 11.6 Å². The summed E-state index contributed by atoms with van der Waals surface area (Å²) in [7, 11) is 1.60. The van der Waals surface area contributed by atoms with Gasteiger partial charge in [-0.25, -0.2) is 0 Å². The van der Waals surface area contributed by atoms with Gasteiger partial charge in [0.15, 0.2) is 0 Å². The van der Waals surface area contributed by atoms with Gasteiger partial charge in [0.05, 0.1) is 4.92 Å². The molecule has 0 saturated heterocycles. The van der Waals surface area contributed by atoms with E-state index in [0.29, 0.717) is 11.6 Å². The lowest BCUT2D eigenvalue weighted by molar-refractivity contribution is -0.385. The second kappa shape index (κ2) is 6.02. The maximum Gasteiger partial charge on any atom is 0.282 e. The number of benzene rings is 1. The minimum Gasteiger partial charge on any atom is -0.337 e. The van der Waals surface area contributed by atoms with E-state index in [0.717, 1.165) is 5.56 Å². The van der Waals surface area contributed by atoms with Crippen LogP contribution in [0.2, 0.25) is 5.02 Å². The summed E-state index contributed by atoms with van der Waals surface area (Å²) < 4.78 is 0. The number of carbonyl (C=O) groups is 1. The number of hydrogen-bond donors (Lipinski definition) is 0. The summed E-state index contributed by atoms with van der Waals surface area (Å²) in [5, 5.41) is 15.1. The summed E-state index contributed by atoms with van der Waals surface area (Å²) in [5.74, 6) is -0.426. The first-order valence-electron chi connectivity index (χ1n) is 5.69. The molecule has 104 valence electrons. The number of carbonyl (C=O) groups excluding carboxylic acids is 1. The molecule has 20 heavy (non-hydrogen) atoms. The van der Waals surface area contributed by atoms with Crippen LogP contribution in [0.3, 0.4) is 0 Å². The average molecular weight is 311 g/mol. The molecule has 0 aliphatic carbocycles. The molecule has 1 heterocycles. The second-order valence-corrected chi connectivity index (χ2v) is 5.43. The van der Waals surface area contributed by atoms with Gasteiger partial charge in [-0.1, -0.05) is 11.6 Å². The van der Waals surface area contributed by atoms with Crippen LogP contribution in [0.4, 0.5) is 5.69 Å². The fraction of sp³-hybridized carbons (Fsp3) is 0.154. The molecule has 2 aromatic rings. The average Bonchev–Trinajstić information content (AvgIpc) is 2.90. The van der Waals surface area contributed by atoms with Crippen molar-refractivity contribution in [2.45, 2.75) is 6.54 Å². The SMILES string of the molecule is CN(Cc1ccsc1)C(=O)c1cc(Cl)ccc1[N+](=O)[O-]. The van der Waals surface area contributed by atoms with Gasteiger partial charge >= 0.3 is 0 Å². The topological polar surface area (TPSA) is 63.5 Å². The third kappa shape index (κ3) is 3.15. The molecule has 7 heteroatoms. The number of amides is 1. The van der Waals surface area contributed by atoms with E-state index in [1.54, 1.807) is 7.05 Å². The summed E-state index contributed by atoms with van der Waals surface area (Å²) >= 11 is 7.35. The molecular weight excluding hydrogens is 300 g/mol. The Hall–Kier alpha value is -1.92. The van der Waals surface area contributed by atoms with Gasteiger partial charge in [-0.05, 0) is 34.5 Å². The summed E-state index contributed by atoms with van der Waals surface area (Å²) in [4.78, 5) is 24.1. The van der Waals surface area contributed by atoms with E-state index >= 15 is 0 Å². The van der Waals surface area contributed by atoms with E-state index in [4.69, 9.17) is 11.6 Å². The second-order valence-electron chi connectivity index (χ2n) is 4.21. The van der Waals surface area contributed by atoms with Crippen molar-refractivity contribution >= 4 is 34.5 Å². The number of nitro benzene ring substituents is 1. The van der Waals surface area contributed by atoms with E-state index < -0.39 is 10.8 Å². The van der Waals surface area contributed by atoms with Gasteiger partial charge in [-0.3, -0.25) is 14.9 Å². The van der Waals surface area contributed by atoms with Gasteiger partial charge < -0.3 is 4.90 Å². The van der Waals surface area contributed by atoms with Crippen LogP contribution in [-0.2, 0) is 6.54 Å². The van der Waals surface area contributed by atoms with E-state index in [-0.39, 0.29) is 11.3 Å². The monoisotopic (exact) mass is 310 g/mol. The summed E-state index contributed by atoms with van der Waals surface area (Å²) in [6.45, 7) is 0.395. The maximum atomic E-state index is 12.3. The maximum absolute atomic E-state index is 12.3. The highest BCUT2D eigenvalue weighted by Gasteiger charge is 2.23. The molecule has 1 amide bonds. The molecule has 0 bridgehead atoms. The first-order chi connectivity index (χ1) is 9.49. The molecule has 0 aliphatic heterocycles. The lowest BCUT2D eigenvalue weighted by atomic mass is 10.1. The van der Waals surface area contributed by atoms with Crippen LogP contribution < -0.4 is 0 Å². The van der Waals surface area contributed by atoms with Crippen LogP contribution in [0, 0.1) is 10.1 Å². The van der Waals surface area contributed by atoms with Crippen molar-refractivity contribution in [2.75, 3.05) is 7.05 Å². The molecule has 0 aliphatic rings. The zero-order valence-electron chi connectivity index (χ0n) is 10.6. The number of halogens is 1. The summed E-state index contributed by atoms with van der Waals surface area (Å²) in [5.41, 5.74) is 0.743. The summed E-state index contributed by atoms with van der Waals surface area (Å²) in [6, 6.07) is 5.87. The van der Waals surface area contributed by atoms with Crippen molar-refractivity contribution in [3.8, 4) is 0 Å². The Bertz CT molecular complexity index is 643. The van der Waals surface area contributed by atoms with Crippen molar-refractivity contribution in [1.82, 2.24) is 4.90 Å². The first kappa shape index (κ1) is 14.5. The molecule has 0 atom stereocenters. The number of thiophene rings is 1. The van der Waals surface area contributed by atoms with Gasteiger partial charge in [-0.15, -0.1) is 0 Å². The van der Waals surface area contributed by atoms with Crippen LogP contribution in [0.5, 0.6) is 0 Å². The Labute approximate surface area is 124 Å². The van der Waals surface area contributed by atoms with Crippen LogP contribution in [0.1, 0.15) is 15.9 Å². The number of hydrogen-bond acceptors (Lipinski definition) is 4. The fourth-order valence-electron chi connectivity index (χ4n) is 1.77.